The molecule has 2 saturated heterocycles. The minimum atomic E-state index is 0.503. The number of hydrogen-bond donors (Lipinski definition) is 1. The Morgan fingerprint density at radius 1 is 1.30 bits per heavy atom. The highest BCUT2D eigenvalue weighted by Gasteiger charge is 2.27. The molecule has 5 heteroatoms. The Balaban J connectivity index is 1.69. The molecular weight excluding hydrogens is 286 g/mol. The molecule has 2 aromatic rings. The molecule has 0 radical (unpaired) electrons. The van der Waals surface area contributed by atoms with Crippen molar-refractivity contribution in [3.63, 3.8) is 0 Å². The van der Waals surface area contributed by atoms with Gasteiger partial charge in [-0.1, -0.05) is 13.3 Å². The molecule has 2 aliphatic heterocycles. The summed E-state index contributed by atoms with van der Waals surface area (Å²) in [5.41, 5.74) is 2.11. The molecule has 0 saturated carbocycles. The summed E-state index contributed by atoms with van der Waals surface area (Å²) in [6.07, 6.45) is 8.12. The minimum absolute atomic E-state index is 0.503. The van der Waals surface area contributed by atoms with Crippen LogP contribution in [0, 0.1) is 0 Å². The van der Waals surface area contributed by atoms with Crippen LogP contribution in [0.1, 0.15) is 44.5 Å². The zero-order chi connectivity index (χ0) is 15.6. The van der Waals surface area contributed by atoms with Crippen LogP contribution in [0.25, 0.3) is 11.2 Å². The van der Waals surface area contributed by atoms with E-state index in [4.69, 9.17) is 4.98 Å². The maximum atomic E-state index is 4.97. The van der Waals surface area contributed by atoms with Crippen LogP contribution < -0.4 is 5.32 Å². The predicted octanol–water partition coefficient (Wildman–Crippen LogP) is 2.38. The van der Waals surface area contributed by atoms with Crippen LogP contribution in [-0.2, 0) is 6.42 Å². The Bertz CT molecular complexity index is 658. The second-order valence-corrected chi connectivity index (χ2v) is 6.87. The first kappa shape index (κ1) is 15.1. The third kappa shape index (κ3) is 2.88. The van der Waals surface area contributed by atoms with Crippen molar-refractivity contribution in [2.24, 2.45) is 0 Å². The van der Waals surface area contributed by atoms with E-state index in [2.05, 4.69) is 32.8 Å². The second kappa shape index (κ2) is 6.57. The lowest BCUT2D eigenvalue weighted by Crippen LogP contribution is -2.41. The number of imidazole rings is 1. The van der Waals surface area contributed by atoms with Crippen LogP contribution in [0.2, 0.25) is 0 Å². The molecule has 1 N–H and O–H groups in total. The molecule has 124 valence electrons. The van der Waals surface area contributed by atoms with Crippen LogP contribution >= 0.6 is 0 Å². The number of nitrogens with zero attached hydrogens (tertiary/aromatic N) is 4. The summed E-state index contributed by atoms with van der Waals surface area (Å²) < 4.78 is 2.43. The van der Waals surface area contributed by atoms with E-state index in [1.165, 1.54) is 38.1 Å². The van der Waals surface area contributed by atoms with E-state index in [1.54, 1.807) is 0 Å². The Labute approximate surface area is 138 Å². The zero-order valence-electron chi connectivity index (χ0n) is 14.0. The number of rotatable bonds is 4. The highest BCUT2D eigenvalue weighted by molar-refractivity contribution is 5.71. The SMILES string of the molecule is CCN1CCCCC1Cc1nc2cccnc2n1C1CCNC1. The van der Waals surface area contributed by atoms with Gasteiger partial charge in [-0.25, -0.2) is 9.97 Å². The molecule has 4 heterocycles. The number of fused-ring (bicyclic) bond motifs is 1. The van der Waals surface area contributed by atoms with Gasteiger partial charge in [0.15, 0.2) is 5.65 Å². The van der Waals surface area contributed by atoms with E-state index >= 15 is 0 Å². The van der Waals surface area contributed by atoms with E-state index < -0.39 is 0 Å². The number of nitrogens with one attached hydrogen (secondary N) is 1. The average molecular weight is 313 g/mol. The van der Waals surface area contributed by atoms with Crippen LogP contribution in [0.3, 0.4) is 0 Å². The van der Waals surface area contributed by atoms with Gasteiger partial charge in [-0.15, -0.1) is 0 Å². The van der Waals surface area contributed by atoms with E-state index in [0.717, 1.165) is 37.2 Å². The lowest BCUT2D eigenvalue weighted by atomic mass is 9.99. The van der Waals surface area contributed by atoms with Crippen molar-refractivity contribution < 1.29 is 0 Å². The Kier molecular flexibility index (Phi) is 4.31. The summed E-state index contributed by atoms with van der Waals surface area (Å²) in [6, 6.07) is 5.24. The van der Waals surface area contributed by atoms with Gasteiger partial charge in [0.2, 0.25) is 0 Å². The van der Waals surface area contributed by atoms with Gasteiger partial charge in [0.25, 0.3) is 0 Å². The molecule has 23 heavy (non-hydrogen) atoms. The van der Waals surface area contributed by atoms with Gasteiger partial charge in [-0.2, -0.15) is 0 Å². The van der Waals surface area contributed by atoms with Crippen LogP contribution in [0.4, 0.5) is 0 Å². The van der Waals surface area contributed by atoms with Crippen LogP contribution in [-0.4, -0.2) is 51.7 Å². The molecule has 2 aromatic heterocycles. The first-order valence-corrected chi connectivity index (χ1v) is 9.13. The molecule has 0 amide bonds. The second-order valence-electron chi connectivity index (χ2n) is 6.87. The highest BCUT2D eigenvalue weighted by atomic mass is 15.2. The lowest BCUT2D eigenvalue weighted by Gasteiger charge is -2.35. The molecule has 4 rings (SSSR count). The third-order valence-electron chi connectivity index (χ3n) is 5.49. The fraction of sp³-hybridized carbons (Fsp3) is 0.667. The molecule has 2 unspecified atom stereocenters. The van der Waals surface area contributed by atoms with Gasteiger partial charge in [0.05, 0.1) is 6.04 Å². The summed E-state index contributed by atoms with van der Waals surface area (Å²) in [7, 11) is 0. The summed E-state index contributed by atoms with van der Waals surface area (Å²) in [5.74, 6) is 1.23. The standard InChI is InChI=1S/C18H27N5/c1-2-22-11-4-3-6-14(22)12-17-21-16-7-5-9-20-18(16)23(17)15-8-10-19-13-15/h5,7,9,14-15,19H,2-4,6,8,10-13H2,1H3. The first-order valence-electron chi connectivity index (χ1n) is 9.13. The number of aromatic nitrogens is 3. The van der Waals surface area contributed by atoms with Gasteiger partial charge < -0.3 is 14.8 Å². The molecule has 0 bridgehead atoms. The maximum Gasteiger partial charge on any atom is 0.160 e. The molecule has 0 aliphatic carbocycles. The van der Waals surface area contributed by atoms with Crippen LogP contribution in [0.5, 0.6) is 0 Å². The quantitative estimate of drug-likeness (QED) is 0.941. The van der Waals surface area contributed by atoms with E-state index in [1.807, 2.05) is 12.3 Å². The number of likely N-dealkylation sites (N-methyl/N-ethyl adjacent to an activating group) is 1. The summed E-state index contributed by atoms with van der Waals surface area (Å²) in [4.78, 5) is 12.2. The third-order valence-corrected chi connectivity index (χ3v) is 5.49. The Hall–Kier alpha value is -1.46. The van der Waals surface area contributed by atoms with E-state index in [0.29, 0.717) is 12.1 Å². The fourth-order valence-electron chi connectivity index (χ4n) is 4.28. The monoisotopic (exact) mass is 313 g/mol. The molecule has 0 aromatic carbocycles. The molecule has 0 spiro atoms. The normalized spacial score (nSPS) is 26.1. The van der Waals surface area contributed by atoms with Gasteiger partial charge >= 0.3 is 0 Å². The van der Waals surface area contributed by atoms with Crippen molar-refractivity contribution in [3.05, 3.63) is 24.2 Å². The number of likely N-dealkylation sites (tertiary alicyclic amines) is 1. The molecule has 2 fully saturated rings. The maximum absolute atomic E-state index is 4.97. The predicted molar refractivity (Wildman–Crippen MR) is 92.6 cm³/mol. The van der Waals surface area contributed by atoms with Crippen LogP contribution in [0.15, 0.2) is 18.3 Å². The largest absolute Gasteiger partial charge is 0.315 e. The first-order chi connectivity index (χ1) is 11.4. The highest BCUT2D eigenvalue weighted by Crippen LogP contribution is 2.27. The number of pyridine rings is 1. The number of hydrogen-bond acceptors (Lipinski definition) is 4. The van der Waals surface area contributed by atoms with Crippen molar-refractivity contribution in [2.45, 2.75) is 51.1 Å². The Morgan fingerprint density at radius 2 is 2.26 bits per heavy atom. The molecular formula is C18H27N5. The smallest absolute Gasteiger partial charge is 0.160 e. The summed E-state index contributed by atoms with van der Waals surface area (Å²) >= 11 is 0. The van der Waals surface area contributed by atoms with Gasteiger partial charge in [0.1, 0.15) is 11.3 Å². The van der Waals surface area contributed by atoms with Crippen molar-refractivity contribution in [3.8, 4) is 0 Å². The minimum Gasteiger partial charge on any atom is -0.315 e. The summed E-state index contributed by atoms with van der Waals surface area (Å²) in [5, 5.41) is 3.49. The lowest BCUT2D eigenvalue weighted by molar-refractivity contribution is 0.152. The number of piperidine rings is 1. The van der Waals surface area contributed by atoms with Crippen molar-refractivity contribution in [2.75, 3.05) is 26.2 Å². The van der Waals surface area contributed by atoms with Gasteiger partial charge in [0, 0.05) is 25.2 Å². The topological polar surface area (TPSA) is 46.0 Å². The molecule has 2 atom stereocenters. The zero-order valence-corrected chi connectivity index (χ0v) is 14.0. The fourth-order valence-corrected chi connectivity index (χ4v) is 4.28. The summed E-state index contributed by atoms with van der Waals surface area (Å²) in [6.45, 7) is 6.81. The van der Waals surface area contributed by atoms with E-state index in [-0.39, 0.29) is 0 Å². The molecule has 5 nitrogen and oxygen atoms in total. The average Bonchev–Trinajstić information content (AvgIpc) is 3.22. The van der Waals surface area contributed by atoms with Crippen molar-refractivity contribution in [1.82, 2.24) is 24.8 Å². The molecule has 2 aliphatic rings. The van der Waals surface area contributed by atoms with Crippen molar-refractivity contribution in [1.29, 1.82) is 0 Å². The van der Waals surface area contributed by atoms with Gasteiger partial charge in [-0.3, -0.25) is 0 Å². The van der Waals surface area contributed by atoms with E-state index in [9.17, 15) is 0 Å². The van der Waals surface area contributed by atoms with Gasteiger partial charge in [-0.05, 0) is 51.0 Å². The van der Waals surface area contributed by atoms with Crippen molar-refractivity contribution >= 4 is 11.2 Å². The Morgan fingerprint density at radius 3 is 3.09 bits per heavy atom.